The summed E-state index contributed by atoms with van der Waals surface area (Å²) in [5, 5.41) is 2.93. The lowest BCUT2D eigenvalue weighted by Crippen LogP contribution is -2.37. The van der Waals surface area contributed by atoms with Crippen molar-refractivity contribution in [1.29, 1.82) is 0 Å². The summed E-state index contributed by atoms with van der Waals surface area (Å²) in [5.74, 6) is -0.114. The fraction of sp³-hybridized carbons (Fsp3) is 0.529. The van der Waals surface area contributed by atoms with Crippen molar-refractivity contribution in [2.45, 2.75) is 32.6 Å². The Bertz CT molecular complexity index is 596. The predicted octanol–water partition coefficient (Wildman–Crippen LogP) is 3.34. The van der Waals surface area contributed by atoms with Gasteiger partial charge in [-0.2, -0.15) is 0 Å². The molecule has 1 aromatic carbocycles. The Labute approximate surface area is 139 Å². The Morgan fingerprint density at radius 1 is 1.18 bits per heavy atom. The first kappa shape index (κ1) is 15.5. The van der Waals surface area contributed by atoms with Crippen molar-refractivity contribution in [1.82, 2.24) is 4.90 Å². The van der Waals surface area contributed by atoms with Crippen LogP contribution in [0.1, 0.15) is 31.2 Å². The monoisotopic (exact) mass is 364 g/mol. The minimum Gasteiger partial charge on any atom is -0.342 e. The predicted molar refractivity (Wildman–Crippen MR) is 89.5 cm³/mol. The van der Waals surface area contributed by atoms with Crippen LogP contribution in [0, 0.1) is 18.8 Å². The maximum Gasteiger partial charge on any atom is 0.228 e. The van der Waals surface area contributed by atoms with Crippen LogP contribution in [0.4, 0.5) is 5.69 Å². The second kappa shape index (κ2) is 6.41. The molecule has 3 rings (SSSR count). The first-order valence-electron chi connectivity index (χ1n) is 7.92. The van der Waals surface area contributed by atoms with Crippen molar-refractivity contribution in [2.24, 2.45) is 11.8 Å². The summed E-state index contributed by atoms with van der Waals surface area (Å²) in [4.78, 5) is 26.6. The lowest BCUT2D eigenvalue weighted by Gasteiger charge is -2.26. The summed E-state index contributed by atoms with van der Waals surface area (Å²) in [7, 11) is 0. The zero-order chi connectivity index (χ0) is 15.7. The zero-order valence-electron chi connectivity index (χ0n) is 12.8. The van der Waals surface area contributed by atoms with Crippen LogP contribution in [-0.2, 0) is 9.59 Å². The molecule has 2 aliphatic rings. The van der Waals surface area contributed by atoms with E-state index in [4.69, 9.17) is 0 Å². The second-order valence-electron chi connectivity index (χ2n) is 6.29. The highest BCUT2D eigenvalue weighted by molar-refractivity contribution is 9.10. The molecule has 2 atom stereocenters. The van der Waals surface area contributed by atoms with Gasteiger partial charge in [-0.3, -0.25) is 9.59 Å². The average molecular weight is 365 g/mol. The van der Waals surface area contributed by atoms with Crippen LogP contribution in [0.3, 0.4) is 0 Å². The number of hydrogen-bond acceptors (Lipinski definition) is 2. The number of amides is 2. The smallest absolute Gasteiger partial charge is 0.228 e. The highest BCUT2D eigenvalue weighted by atomic mass is 79.9. The zero-order valence-corrected chi connectivity index (χ0v) is 14.4. The molecule has 2 unspecified atom stereocenters. The number of benzene rings is 1. The SMILES string of the molecule is Cc1cc(NC(=O)C2CC2C(=O)N2CCCCC2)ccc1Br. The van der Waals surface area contributed by atoms with Gasteiger partial charge < -0.3 is 10.2 Å². The van der Waals surface area contributed by atoms with E-state index in [-0.39, 0.29) is 23.7 Å². The number of piperidine rings is 1. The van der Waals surface area contributed by atoms with E-state index in [0.717, 1.165) is 41.7 Å². The number of carbonyl (C=O) groups excluding carboxylic acids is 2. The van der Waals surface area contributed by atoms with E-state index < -0.39 is 0 Å². The van der Waals surface area contributed by atoms with Gasteiger partial charge in [0, 0.05) is 23.2 Å². The van der Waals surface area contributed by atoms with Crippen molar-refractivity contribution in [3.63, 3.8) is 0 Å². The van der Waals surface area contributed by atoms with Crippen molar-refractivity contribution in [3.8, 4) is 0 Å². The first-order chi connectivity index (χ1) is 10.6. The lowest BCUT2D eigenvalue weighted by molar-refractivity contribution is -0.134. The molecule has 5 heteroatoms. The number of anilines is 1. The number of carbonyl (C=O) groups is 2. The van der Waals surface area contributed by atoms with Crippen LogP contribution < -0.4 is 5.32 Å². The minimum atomic E-state index is -0.154. The molecular weight excluding hydrogens is 344 g/mol. The summed E-state index contributed by atoms with van der Waals surface area (Å²) >= 11 is 3.45. The van der Waals surface area contributed by atoms with Crippen LogP contribution in [0.25, 0.3) is 0 Å². The number of nitrogens with one attached hydrogen (secondary N) is 1. The maximum absolute atomic E-state index is 12.4. The van der Waals surface area contributed by atoms with E-state index in [1.807, 2.05) is 30.0 Å². The fourth-order valence-electron chi connectivity index (χ4n) is 3.06. The number of likely N-dealkylation sites (tertiary alicyclic amines) is 1. The summed E-state index contributed by atoms with van der Waals surface area (Å²) in [6.07, 6.45) is 4.08. The van der Waals surface area contributed by atoms with Gasteiger partial charge >= 0.3 is 0 Å². The Morgan fingerprint density at radius 2 is 1.91 bits per heavy atom. The molecule has 118 valence electrons. The van der Waals surface area contributed by atoms with E-state index in [1.165, 1.54) is 6.42 Å². The maximum atomic E-state index is 12.4. The Kier molecular flexibility index (Phi) is 4.52. The molecule has 2 fully saturated rings. The van der Waals surface area contributed by atoms with Crippen molar-refractivity contribution in [3.05, 3.63) is 28.2 Å². The van der Waals surface area contributed by atoms with Crippen molar-refractivity contribution < 1.29 is 9.59 Å². The largest absolute Gasteiger partial charge is 0.342 e. The van der Waals surface area contributed by atoms with E-state index in [9.17, 15) is 9.59 Å². The van der Waals surface area contributed by atoms with E-state index in [0.29, 0.717) is 6.42 Å². The molecule has 22 heavy (non-hydrogen) atoms. The molecule has 1 N–H and O–H groups in total. The second-order valence-corrected chi connectivity index (χ2v) is 7.14. The van der Waals surface area contributed by atoms with Gasteiger partial charge in [0.2, 0.25) is 11.8 Å². The quantitative estimate of drug-likeness (QED) is 0.893. The van der Waals surface area contributed by atoms with Gasteiger partial charge in [0.25, 0.3) is 0 Å². The van der Waals surface area contributed by atoms with Gasteiger partial charge in [-0.1, -0.05) is 15.9 Å². The molecule has 1 heterocycles. The number of nitrogens with zero attached hydrogens (tertiary/aromatic N) is 1. The Morgan fingerprint density at radius 3 is 2.59 bits per heavy atom. The highest BCUT2D eigenvalue weighted by Gasteiger charge is 2.49. The Hall–Kier alpha value is -1.36. The summed E-state index contributed by atoms with van der Waals surface area (Å²) in [6.45, 7) is 3.70. The highest BCUT2D eigenvalue weighted by Crippen LogP contribution is 2.41. The third kappa shape index (κ3) is 3.35. The molecule has 1 saturated carbocycles. The molecule has 4 nitrogen and oxygen atoms in total. The topological polar surface area (TPSA) is 49.4 Å². The normalized spacial score (nSPS) is 24.0. The molecule has 1 aromatic rings. The van der Waals surface area contributed by atoms with Crippen LogP contribution in [0.5, 0.6) is 0 Å². The number of rotatable bonds is 3. The fourth-order valence-corrected chi connectivity index (χ4v) is 3.31. The molecule has 0 aromatic heterocycles. The van der Waals surface area contributed by atoms with Gasteiger partial charge in [-0.25, -0.2) is 0 Å². The molecule has 1 aliphatic carbocycles. The third-order valence-electron chi connectivity index (χ3n) is 4.54. The summed E-state index contributed by atoms with van der Waals surface area (Å²) < 4.78 is 1.02. The van der Waals surface area contributed by atoms with Crippen LogP contribution in [0.2, 0.25) is 0 Å². The number of aryl methyl sites for hydroxylation is 1. The van der Waals surface area contributed by atoms with E-state index in [1.54, 1.807) is 0 Å². The average Bonchev–Trinajstić information content (AvgIpc) is 3.32. The molecule has 0 bridgehead atoms. The van der Waals surface area contributed by atoms with Gasteiger partial charge in [-0.05, 0) is 56.4 Å². The molecule has 0 spiro atoms. The van der Waals surface area contributed by atoms with Crippen LogP contribution in [0.15, 0.2) is 22.7 Å². The lowest BCUT2D eigenvalue weighted by atomic mass is 10.1. The van der Waals surface area contributed by atoms with Gasteiger partial charge in [0.1, 0.15) is 0 Å². The van der Waals surface area contributed by atoms with Gasteiger partial charge in [0.05, 0.1) is 11.8 Å². The van der Waals surface area contributed by atoms with E-state index >= 15 is 0 Å². The minimum absolute atomic E-state index is 0.0305. The molecule has 0 radical (unpaired) electrons. The van der Waals surface area contributed by atoms with Crippen LogP contribution >= 0.6 is 15.9 Å². The van der Waals surface area contributed by atoms with Crippen molar-refractivity contribution in [2.75, 3.05) is 18.4 Å². The van der Waals surface area contributed by atoms with Gasteiger partial charge in [-0.15, -0.1) is 0 Å². The number of halogens is 1. The standard InChI is InChI=1S/C17H21BrN2O2/c1-11-9-12(5-6-15(11)18)19-16(21)13-10-14(13)17(22)20-7-3-2-4-8-20/h5-6,9,13-14H,2-4,7-8,10H2,1H3,(H,19,21). The van der Waals surface area contributed by atoms with E-state index in [2.05, 4.69) is 21.2 Å². The Balaban J connectivity index is 1.55. The first-order valence-corrected chi connectivity index (χ1v) is 8.71. The summed E-state index contributed by atoms with van der Waals surface area (Å²) in [5.41, 5.74) is 1.87. The number of hydrogen-bond donors (Lipinski definition) is 1. The van der Waals surface area contributed by atoms with Crippen LogP contribution in [-0.4, -0.2) is 29.8 Å². The van der Waals surface area contributed by atoms with Gasteiger partial charge in [0.15, 0.2) is 0 Å². The molecule has 1 saturated heterocycles. The summed E-state index contributed by atoms with van der Waals surface area (Å²) in [6, 6.07) is 5.73. The molecular formula is C17H21BrN2O2. The molecule has 1 aliphatic heterocycles. The third-order valence-corrected chi connectivity index (χ3v) is 5.43. The molecule has 2 amide bonds. The van der Waals surface area contributed by atoms with Crippen molar-refractivity contribution >= 4 is 33.4 Å².